The first-order chi connectivity index (χ1) is 4.41. The first kappa shape index (κ1) is 9.38. The molecule has 0 aromatic heterocycles. The number of primary amides is 1. The maximum atomic E-state index is 10.7. The molecule has 0 saturated heterocycles. The number of hydrogen-bond acceptors (Lipinski definition) is 4. The zero-order valence-corrected chi connectivity index (χ0v) is 6.39. The van der Waals surface area contributed by atoms with Gasteiger partial charge in [-0.05, 0) is 0 Å². The van der Waals surface area contributed by atoms with Gasteiger partial charge in [0.25, 0.3) is 0 Å². The maximum Gasteiger partial charge on any atom is 0.250 e. The Labute approximate surface area is 59.3 Å². The third-order valence-corrected chi connectivity index (χ3v) is 2.88. The predicted molar refractivity (Wildman–Crippen MR) is 36.6 cm³/mol. The van der Waals surface area contributed by atoms with Crippen LogP contribution in [-0.2, 0) is 14.6 Å². The summed E-state index contributed by atoms with van der Waals surface area (Å²) >= 11 is 0. The third-order valence-electron chi connectivity index (χ3n) is 1.07. The van der Waals surface area contributed by atoms with Crippen LogP contribution in [0.5, 0.6) is 0 Å². The lowest BCUT2D eigenvalue weighted by molar-refractivity contribution is -0.117. The van der Waals surface area contributed by atoms with Gasteiger partial charge >= 0.3 is 0 Å². The van der Waals surface area contributed by atoms with E-state index in [2.05, 4.69) is 5.73 Å². The minimum absolute atomic E-state index is 0.170. The van der Waals surface area contributed by atoms with E-state index in [4.69, 9.17) is 5.73 Å². The Hall–Kier alpha value is -0.620. The van der Waals surface area contributed by atoms with E-state index < -0.39 is 21.1 Å². The van der Waals surface area contributed by atoms with Gasteiger partial charge in [0.1, 0.15) is 0 Å². The first-order valence-electron chi connectivity index (χ1n) is 2.68. The quantitative estimate of drug-likeness (QED) is 0.515. The average Bonchev–Trinajstić information content (AvgIpc) is 1.86. The molecule has 0 saturated carbocycles. The van der Waals surface area contributed by atoms with Gasteiger partial charge in [0, 0.05) is 5.75 Å². The normalized spacial score (nSPS) is 14.6. The van der Waals surface area contributed by atoms with Crippen molar-refractivity contribution in [2.24, 2.45) is 11.5 Å². The molecule has 0 aliphatic carbocycles. The molecule has 1 atom stereocenters. The van der Waals surface area contributed by atoms with Crippen LogP contribution in [0.4, 0.5) is 0 Å². The Bertz CT molecular complexity index is 221. The van der Waals surface area contributed by atoms with Crippen molar-refractivity contribution in [1.29, 1.82) is 0 Å². The summed E-state index contributed by atoms with van der Waals surface area (Å²) in [5.41, 5.74) is 9.60. The van der Waals surface area contributed by atoms with Crippen molar-refractivity contribution >= 4 is 15.7 Å². The largest absolute Gasteiger partial charge is 0.367 e. The molecule has 1 unspecified atom stereocenters. The van der Waals surface area contributed by atoms with Gasteiger partial charge < -0.3 is 11.5 Å². The Morgan fingerprint density at radius 3 is 2.10 bits per heavy atom. The fraction of sp³-hybridized carbons (Fsp3) is 0.750. The first-order valence-corrected chi connectivity index (χ1v) is 4.40. The van der Waals surface area contributed by atoms with E-state index in [1.165, 1.54) is 6.92 Å². The molecule has 0 aromatic carbocycles. The lowest BCUT2D eigenvalue weighted by Gasteiger charge is -2.05. The SMILES string of the molecule is CCS(=O)(=O)C(N)C(N)=O. The van der Waals surface area contributed by atoms with Gasteiger partial charge in [-0.1, -0.05) is 6.92 Å². The highest BCUT2D eigenvalue weighted by Gasteiger charge is 2.23. The summed E-state index contributed by atoms with van der Waals surface area (Å²) in [5, 5.41) is -1.56. The number of amides is 1. The molecule has 0 fully saturated rings. The van der Waals surface area contributed by atoms with Crippen LogP contribution in [0.2, 0.25) is 0 Å². The fourth-order valence-corrected chi connectivity index (χ4v) is 1.07. The van der Waals surface area contributed by atoms with E-state index in [9.17, 15) is 13.2 Å². The maximum absolute atomic E-state index is 10.7. The molecule has 60 valence electrons. The van der Waals surface area contributed by atoms with Crippen molar-refractivity contribution in [3.8, 4) is 0 Å². The standard InChI is InChI=1S/C4H10N2O3S/c1-2-10(8,9)4(6)3(5)7/h4H,2,6H2,1H3,(H2,5,7). The zero-order chi connectivity index (χ0) is 8.36. The van der Waals surface area contributed by atoms with Crippen LogP contribution in [0.15, 0.2) is 0 Å². The van der Waals surface area contributed by atoms with Crippen LogP contribution in [0.3, 0.4) is 0 Å². The molecule has 0 aromatic rings. The van der Waals surface area contributed by atoms with Crippen LogP contribution >= 0.6 is 0 Å². The number of carbonyl (C=O) groups excluding carboxylic acids is 1. The van der Waals surface area contributed by atoms with Crippen molar-refractivity contribution in [3.05, 3.63) is 0 Å². The Kier molecular flexibility index (Phi) is 2.79. The van der Waals surface area contributed by atoms with Gasteiger partial charge in [0.15, 0.2) is 15.2 Å². The highest BCUT2D eigenvalue weighted by Crippen LogP contribution is 1.93. The molecule has 4 N–H and O–H groups in total. The van der Waals surface area contributed by atoms with Crippen molar-refractivity contribution in [3.63, 3.8) is 0 Å². The van der Waals surface area contributed by atoms with Crippen molar-refractivity contribution in [1.82, 2.24) is 0 Å². The summed E-state index contributed by atoms with van der Waals surface area (Å²) in [6.07, 6.45) is 0. The minimum atomic E-state index is -3.49. The smallest absolute Gasteiger partial charge is 0.250 e. The van der Waals surface area contributed by atoms with Crippen LogP contribution in [0.25, 0.3) is 0 Å². The number of nitrogens with two attached hydrogens (primary N) is 2. The second-order valence-corrected chi connectivity index (χ2v) is 4.19. The van der Waals surface area contributed by atoms with Gasteiger partial charge in [-0.3, -0.25) is 4.79 Å². The summed E-state index contributed by atoms with van der Waals surface area (Å²) < 4.78 is 21.4. The van der Waals surface area contributed by atoms with Gasteiger partial charge in [-0.15, -0.1) is 0 Å². The molecular weight excluding hydrogens is 156 g/mol. The molecule has 6 heteroatoms. The molecule has 1 amide bonds. The molecule has 0 spiro atoms. The number of sulfone groups is 1. The van der Waals surface area contributed by atoms with Crippen LogP contribution in [0, 0.1) is 0 Å². The summed E-state index contributed by atoms with van der Waals surface area (Å²) in [4.78, 5) is 10.2. The van der Waals surface area contributed by atoms with E-state index in [1.54, 1.807) is 0 Å². The lowest BCUT2D eigenvalue weighted by atomic mass is 10.6. The molecule has 0 heterocycles. The number of hydrogen-bond donors (Lipinski definition) is 2. The molecule has 5 nitrogen and oxygen atoms in total. The van der Waals surface area contributed by atoms with Gasteiger partial charge in [-0.2, -0.15) is 0 Å². The molecule has 0 aliphatic heterocycles. The van der Waals surface area contributed by atoms with E-state index in [0.29, 0.717) is 0 Å². The molecule has 0 rings (SSSR count). The molecule has 0 radical (unpaired) electrons. The highest BCUT2D eigenvalue weighted by molar-refractivity contribution is 7.92. The highest BCUT2D eigenvalue weighted by atomic mass is 32.2. The van der Waals surface area contributed by atoms with E-state index in [0.717, 1.165) is 0 Å². The Morgan fingerprint density at radius 2 is 2.00 bits per heavy atom. The van der Waals surface area contributed by atoms with Gasteiger partial charge in [0.05, 0.1) is 0 Å². The molecule has 0 bridgehead atoms. The van der Waals surface area contributed by atoms with Crippen molar-refractivity contribution in [2.45, 2.75) is 12.3 Å². The zero-order valence-electron chi connectivity index (χ0n) is 5.57. The van der Waals surface area contributed by atoms with E-state index in [1.807, 2.05) is 0 Å². The van der Waals surface area contributed by atoms with Gasteiger partial charge in [-0.25, -0.2) is 8.42 Å². The lowest BCUT2D eigenvalue weighted by Crippen LogP contribution is -2.43. The minimum Gasteiger partial charge on any atom is -0.367 e. The van der Waals surface area contributed by atoms with Crippen LogP contribution < -0.4 is 11.5 Å². The molecule has 10 heavy (non-hydrogen) atoms. The van der Waals surface area contributed by atoms with Gasteiger partial charge in [0.2, 0.25) is 5.91 Å². The fourth-order valence-electron chi connectivity index (χ4n) is 0.357. The molecule has 0 aliphatic rings. The molecular formula is C4H10N2O3S. The van der Waals surface area contributed by atoms with Crippen molar-refractivity contribution in [2.75, 3.05) is 5.75 Å². The summed E-state index contributed by atoms with van der Waals surface area (Å²) in [5.74, 6) is -1.18. The topological polar surface area (TPSA) is 103 Å². The summed E-state index contributed by atoms with van der Waals surface area (Å²) in [7, 11) is -3.49. The summed E-state index contributed by atoms with van der Waals surface area (Å²) in [6.45, 7) is 1.40. The monoisotopic (exact) mass is 166 g/mol. The number of rotatable bonds is 3. The summed E-state index contributed by atoms with van der Waals surface area (Å²) in [6, 6.07) is 0. The van der Waals surface area contributed by atoms with Crippen LogP contribution in [-0.4, -0.2) is 25.5 Å². The van der Waals surface area contributed by atoms with Crippen molar-refractivity contribution < 1.29 is 13.2 Å². The number of carbonyl (C=O) groups is 1. The van der Waals surface area contributed by atoms with Crippen LogP contribution in [0.1, 0.15) is 6.92 Å². The van der Waals surface area contributed by atoms with E-state index >= 15 is 0 Å². The average molecular weight is 166 g/mol. The van der Waals surface area contributed by atoms with E-state index in [-0.39, 0.29) is 5.75 Å². The third kappa shape index (κ3) is 1.96. The Morgan fingerprint density at radius 1 is 1.60 bits per heavy atom. The predicted octanol–water partition coefficient (Wildman–Crippen LogP) is -1.81. The Balaban J connectivity index is 4.51. The second-order valence-electron chi connectivity index (χ2n) is 1.77. The second kappa shape index (κ2) is 2.98.